The number of hydrogen-bond acceptors (Lipinski definition) is 2. The van der Waals surface area contributed by atoms with Crippen molar-refractivity contribution in [2.24, 2.45) is 0 Å². The summed E-state index contributed by atoms with van der Waals surface area (Å²) in [6.07, 6.45) is -4.62. The van der Waals surface area contributed by atoms with E-state index in [0.29, 0.717) is 0 Å². The Labute approximate surface area is 140 Å². The summed E-state index contributed by atoms with van der Waals surface area (Å²) in [6, 6.07) is 7.87. The minimum absolute atomic E-state index is 0.114. The van der Waals surface area contributed by atoms with Gasteiger partial charge in [-0.3, -0.25) is 0 Å². The second-order valence-corrected chi connectivity index (χ2v) is 5.44. The predicted octanol–water partition coefficient (Wildman–Crippen LogP) is 4.99. The van der Waals surface area contributed by atoms with Crippen molar-refractivity contribution in [3.05, 3.63) is 64.4 Å². The van der Waals surface area contributed by atoms with Gasteiger partial charge in [0.15, 0.2) is 5.82 Å². The van der Waals surface area contributed by atoms with Gasteiger partial charge in [-0.15, -0.1) is 5.10 Å². The van der Waals surface area contributed by atoms with Crippen molar-refractivity contribution < 1.29 is 22.0 Å². The van der Waals surface area contributed by atoms with Crippen LogP contribution in [0.15, 0.2) is 47.2 Å². The lowest BCUT2D eigenvalue weighted by molar-refractivity contribution is -0.137. The predicted molar refractivity (Wildman–Crippen MR) is 79.4 cm³/mol. The van der Waals surface area contributed by atoms with E-state index in [-0.39, 0.29) is 16.2 Å². The zero-order valence-electron chi connectivity index (χ0n) is 11.7. The Morgan fingerprint density at radius 3 is 2.17 bits per heavy atom. The Bertz CT molecular complexity index is 884. The molecule has 0 amide bonds. The van der Waals surface area contributed by atoms with E-state index in [4.69, 9.17) is 0 Å². The molecular formula is C15H7BrF5N3. The van der Waals surface area contributed by atoms with Crippen molar-refractivity contribution in [1.82, 2.24) is 14.8 Å². The number of alkyl halides is 3. The maximum absolute atomic E-state index is 13.8. The van der Waals surface area contributed by atoms with E-state index in [1.165, 1.54) is 24.3 Å². The van der Waals surface area contributed by atoms with Crippen LogP contribution < -0.4 is 0 Å². The normalized spacial score (nSPS) is 11.8. The van der Waals surface area contributed by atoms with Crippen molar-refractivity contribution >= 4 is 15.9 Å². The summed E-state index contributed by atoms with van der Waals surface area (Å²) in [5.74, 6) is -2.19. The maximum Gasteiger partial charge on any atom is 0.418 e. The summed E-state index contributed by atoms with van der Waals surface area (Å²) in [5.41, 5.74) is -1.77. The van der Waals surface area contributed by atoms with Crippen LogP contribution in [0.1, 0.15) is 5.56 Å². The van der Waals surface area contributed by atoms with Gasteiger partial charge < -0.3 is 0 Å². The number of para-hydroxylation sites is 1. The fourth-order valence-corrected chi connectivity index (χ4v) is 2.60. The van der Waals surface area contributed by atoms with Crippen molar-refractivity contribution in [1.29, 1.82) is 0 Å². The minimum atomic E-state index is -4.62. The van der Waals surface area contributed by atoms with Crippen LogP contribution in [0, 0.1) is 11.6 Å². The number of hydrogen-bond donors (Lipinski definition) is 0. The summed E-state index contributed by atoms with van der Waals surface area (Å²) >= 11 is 2.98. The first-order valence-corrected chi connectivity index (χ1v) is 7.32. The first-order chi connectivity index (χ1) is 11.3. The van der Waals surface area contributed by atoms with Gasteiger partial charge in [-0.25, -0.2) is 13.5 Å². The van der Waals surface area contributed by atoms with Crippen LogP contribution in [-0.4, -0.2) is 14.8 Å². The quantitative estimate of drug-likeness (QED) is 0.564. The zero-order valence-corrected chi connectivity index (χ0v) is 13.2. The van der Waals surface area contributed by atoms with E-state index in [1.54, 1.807) is 0 Å². The summed E-state index contributed by atoms with van der Waals surface area (Å²) < 4.78 is 67.8. The highest BCUT2D eigenvalue weighted by Gasteiger charge is 2.34. The van der Waals surface area contributed by atoms with Gasteiger partial charge in [-0.1, -0.05) is 18.2 Å². The molecule has 0 aliphatic carbocycles. The lowest BCUT2D eigenvalue weighted by Crippen LogP contribution is -2.11. The topological polar surface area (TPSA) is 30.7 Å². The smallest absolute Gasteiger partial charge is 0.206 e. The number of benzene rings is 2. The summed E-state index contributed by atoms with van der Waals surface area (Å²) in [7, 11) is 0. The molecule has 3 aromatic rings. The molecule has 0 N–H and O–H groups in total. The number of nitrogens with zero attached hydrogens (tertiary/aromatic N) is 3. The summed E-state index contributed by atoms with van der Waals surface area (Å²) in [4.78, 5) is 3.82. The highest BCUT2D eigenvalue weighted by atomic mass is 79.9. The molecule has 24 heavy (non-hydrogen) atoms. The van der Waals surface area contributed by atoms with Crippen LogP contribution in [0.25, 0.3) is 17.1 Å². The molecule has 0 spiro atoms. The van der Waals surface area contributed by atoms with Crippen molar-refractivity contribution in [2.75, 3.05) is 0 Å². The van der Waals surface area contributed by atoms with Gasteiger partial charge in [0.05, 0.1) is 16.8 Å². The molecule has 9 heteroatoms. The average Bonchev–Trinajstić information content (AvgIpc) is 2.87. The van der Waals surface area contributed by atoms with Crippen LogP contribution in [-0.2, 0) is 6.18 Å². The van der Waals surface area contributed by atoms with Gasteiger partial charge in [0, 0.05) is 0 Å². The van der Waals surface area contributed by atoms with E-state index in [2.05, 4.69) is 26.0 Å². The largest absolute Gasteiger partial charge is 0.418 e. The third-order valence-electron chi connectivity index (χ3n) is 3.19. The van der Waals surface area contributed by atoms with Gasteiger partial charge in [0.1, 0.15) is 11.6 Å². The Kier molecular flexibility index (Phi) is 4.12. The molecule has 0 saturated carbocycles. The molecule has 0 fully saturated rings. The first kappa shape index (κ1) is 16.6. The number of halogens is 6. The first-order valence-electron chi connectivity index (χ1n) is 6.52. The molecule has 0 bridgehead atoms. The molecule has 0 aliphatic rings. The van der Waals surface area contributed by atoms with Gasteiger partial charge in [-0.05, 0) is 40.2 Å². The molecular weight excluding hydrogens is 397 g/mol. The fourth-order valence-electron chi connectivity index (χ4n) is 2.16. The van der Waals surface area contributed by atoms with Crippen LogP contribution >= 0.6 is 15.9 Å². The molecule has 1 heterocycles. The highest BCUT2D eigenvalue weighted by Crippen LogP contribution is 2.35. The molecule has 0 saturated heterocycles. The van der Waals surface area contributed by atoms with Gasteiger partial charge >= 0.3 is 6.18 Å². The maximum atomic E-state index is 13.8. The SMILES string of the molecule is Fc1cccc(F)c1-c1nc(Br)n(-c2ccccc2C(F)(F)F)n1. The average molecular weight is 404 g/mol. The standard InChI is InChI=1S/C15H7BrF5N3/c16-14-22-13(12-9(17)5-3-6-10(12)18)23-24(14)11-7-2-1-4-8(11)15(19,20)21/h1-7H. The van der Waals surface area contributed by atoms with E-state index in [1.807, 2.05) is 0 Å². The Hall–Kier alpha value is -2.29. The van der Waals surface area contributed by atoms with Gasteiger partial charge in [-0.2, -0.15) is 18.2 Å². The van der Waals surface area contributed by atoms with Crippen LogP contribution in [0.5, 0.6) is 0 Å². The molecule has 3 nitrogen and oxygen atoms in total. The van der Waals surface area contributed by atoms with E-state index in [0.717, 1.165) is 22.9 Å². The third kappa shape index (κ3) is 2.91. The molecule has 0 radical (unpaired) electrons. The van der Waals surface area contributed by atoms with E-state index in [9.17, 15) is 22.0 Å². The number of rotatable bonds is 2. The second kappa shape index (κ2) is 5.97. The monoisotopic (exact) mass is 403 g/mol. The third-order valence-corrected chi connectivity index (χ3v) is 3.70. The zero-order chi connectivity index (χ0) is 17.5. The Balaban J connectivity index is 2.19. The second-order valence-electron chi connectivity index (χ2n) is 4.73. The number of aromatic nitrogens is 3. The van der Waals surface area contributed by atoms with Gasteiger partial charge in [0.25, 0.3) is 0 Å². The van der Waals surface area contributed by atoms with Crippen LogP contribution in [0.4, 0.5) is 22.0 Å². The minimum Gasteiger partial charge on any atom is -0.206 e. The van der Waals surface area contributed by atoms with Crippen molar-refractivity contribution in [3.63, 3.8) is 0 Å². The molecule has 1 aromatic heterocycles. The molecule has 2 aromatic carbocycles. The lowest BCUT2D eigenvalue weighted by atomic mass is 10.2. The summed E-state index contributed by atoms with van der Waals surface area (Å²) in [5, 5.41) is 3.82. The van der Waals surface area contributed by atoms with Crippen molar-refractivity contribution in [3.8, 4) is 17.1 Å². The summed E-state index contributed by atoms with van der Waals surface area (Å²) in [6.45, 7) is 0. The van der Waals surface area contributed by atoms with Crippen molar-refractivity contribution in [2.45, 2.75) is 6.18 Å². The van der Waals surface area contributed by atoms with Crippen LogP contribution in [0.2, 0.25) is 0 Å². The van der Waals surface area contributed by atoms with E-state index >= 15 is 0 Å². The Morgan fingerprint density at radius 1 is 0.917 bits per heavy atom. The molecule has 3 rings (SSSR count). The lowest BCUT2D eigenvalue weighted by Gasteiger charge is -2.12. The van der Waals surface area contributed by atoms with Gasteiger partial charge in [0.2, 0.25) is 4.73 Å². The molecule has 124 valence electrons. The molecule has 0 unspecified atom stereocenters. The van der Waals surface area contributed by atoms with E-state index < -0.39 is 28.9 Å². The van der Waals surface area contributed by atoms with Crippen LogP contribution in [0.3, 0.4) is 0 Å². The fraction of sp³-hybridized carbons (Fsp3) is 0.0667. The highest BCUT2D eigenvalue weighted by molar-refractivity contribution is 9.10. The molecule has 0 aliphatic heterocycles. The Morgan fingerprint density at radius 2 is 1.54 bits per heavy atom. The molecule has 0 atom stereocenters.